The summed E-state index contributed by atoms with van der Waals surface area (Å²) in [5, 5.41) is 20.7. The largest absolute Gasteiger partial charge is 0.477 e. The topological polar surface area (TPSA) is 253 Å². The number of nitrogens with one attached hydrogen (secondary N) is 4. The molecule has 2 heterocycles. The van der Waals surface area contributed by atoms with Crippen molar-refractivity contribution in [3.05, 3.63) is 118 Å². The second-order valence-electron chi connectivity index (χ2n) is 15.2. The van der Waals surface area contributed by atoms with E-state index >= 15 is 4.39 Å². The van der Waals surface area contributed by atoms with E-state index in [-0.39, 0.29) is 63.4 Å². The van der Waals surface area contributed by atoms with Gasteiger partial charge in [0.05, 0.1) is 17.2 Å². The normalized spacial score (nSPS) is 13.7. The van der Waals surface area contributed by atoms with Gasteiger partial charge in [0.1, 0.15) is 30.6 Å². The lowest BCUT2D eigenvalue weighted by atomic mass is 10.1. The molecule has 0 saturated carbocycles. The first-order valence-corrected chi connectivity index (χ1v) is 21.2. The number of fused-ring (bicyclic) bond motifs is 1. The number of carboxylic acids is 1. The van der Waals surface area contributed by atoms with Crippen LogP contribution in [0.2, 0.25) is 0 Å². The molecule has 4 aromatic rings. The zero-order chi connectivity index (χ0) is 46.2. The summed E-state index contributed by atoms with van der Waals surface area (Å²) < 4.78 is 27.9. The lowest BCUT2D eigenvalue weighted by Gasteiger charge is -2.35. The molecular formula is C45H56FN9O9. The Bertz CT molecular complexity index is 2350. The molecule has 18 nitrogen and oxygen atoms in total. The van der Waals surface area contributed by atoms with Crippen molar-refractivity contribution < 1.29 is 42.9 Å². The van der Waals surface area contributed by atoms with Crippen molar-refractivity contribution in [2.75, 3.05) is 42.9 Å². The smallest absolute Gasteiger partial charge is 0.410 e. The maximum absolute atomic E-state index is 15.4. The van der Waals surface area contributed by atoms with Gasteiger partial charge in [-0.05, 0) is 61.6 Å². The van der Waals surface area contributed by atoms with E-state index in [0.29, 0.717) is 41.9 Å². The molecule has 0 aliphatic carbocycles. The van der Waals surface area contributed by atoms with Crippen LogP contribution in [0.15, 0.2) is 89.6 Å². The highest BCUT2D eigenvalue weighted by Gasteiger charge is 2.26. The van der Waals surface area contributed by atoms with E-state index < -0.39 is 59.0 Å². The SMILES string of the molecule is CCCC[C@H](NC(=O)OCc1ccccc1)/C(N)=C/N[C@@H](CCCNC(N)=O)C(=O)Nc1ccc(COC(=O)N2CCN(c3cc4c(cc3F)c(=O)c(C(=O)O)cn4CC)CC2)cc1. The average Bonchev–Trinajstić information content (AvgIpc) is 3.29. The lowest BCUT2D eigenvalue weighted by molar-refractivity contribution is -0.118. The van der Waals surface area contributed by atoms with E-state index in [4.69, 9.17) is 20.9 Å². The van der Waals surface area contributed by atoms with Crippen molar-refractivity contribution in [1.82, 2.24) is 25.4 Å². The van der Waals surface area contributed by atoms with Crippen molar-refractivity contribution in [2.45, 2.75) is 77.8 Å². The van der Waals surface area contributed by atoms with E-state index in [2.05, 4.69) is 21.3 Å². The summed E-state index contributed by atoms with van der Waals surface area (Å²) in [7, 11) is 0. The van der Waals surface area contributed by atoms with E-state index in [1.165, 1.54) is 23.4 Å². The highest BCUT2D eigenvalue weighted by atomic mass is 19.1. The molecule has 9 N–H and O–H groups in total. The number of carbonyl (C=O) groups excluding carboxylic acids is 4. The molecule has 1 aromatic heterocycles. The number of aromatic nitrogens is 1. The number of nitrogens with two attached hydrogens (primary N) is 2. The van der Waals surface area contributed by atoms with Crippen LogP contribution in [0.3, 0.4) is 0 Å². The van der Waals surface area contributed by atoms with Gasteiger partial charge >= 0.3 is 24.2 Å². The first-order chi connectivity index (χ1) is 30.8. The number of urea groups is 1. The Morgan fingerprint density at radius 2 is 1.55 bits per heavy atom. The van der Waals surface area contributed by atoms with Gasteiger partial charge in [-0.25, -0.2) is 23.6 Å². The number of hydrogen-bond acceptors (Lipinski definition) is 11. The minimum atomic E-state index is -1.38. The summed E-state index contributed by atoms with van der Waals surface area (Å²) >= 11 is 0. The number of hydrogen-bond donors (Lipinski definition) is 7. The van der Waals surface area contributed by atoms with Gasteiger partial charge in [0, 0.05) is 68.4 Å². The third kappa shape index (κ3) is 13.3. The standard InChI is InChI=1S/C45H56FN9O9/c1-3-5-12-36(52-44(61)63-27-29-10-7-6-8-11-29)35(47)25-50-37(13-9-18-49-43(48)60)41(57)51-31-16-14-30(15-17-31)28-64-45(62)55-21-19-54(20-22-55)39-24-38-32(23-34(39)46)40(56)33(42(58)59)26-53(38)4-2/h6-8,10-11,14-17,23-26,36-37,50H,3-5,9,12-13,18-22,27-28,47H2,1-2H3,(H,51,57)(H,52,61)(H,58,59)(H3,48,49,60)/b35-25-/t36-,37-/m0/s1. The van der Waals surface area contributed by atoms with Crippen LogP contribution in [-0.4, -0.2) is 89.5 Å². The highest BCUT2D eigenvalue weighted by Crippen LogP contribution is 2.27. The van der Waals surface area contributed by atoms with E-state index in [9.17, 15) is 33.9 Å². The summed E-state index contributed by atoms with van der Waals surface area (Å²) in [4.78, 5) is 78.1. The number of aromatic carboxylic acids is 1. The Hall–Kier alpha value is -7.31. The average molecular weight is 886 g/mol. The maximum Gasteiger partial charge on any atom is 0.410 e. The molecule has 64 heavy (non-hydrogen) atoms. The number of benzene rings is 3. The molecule has 0 radical (unpaired) electrons. The predicted molar refractivity (Wildman–Crippen MR) is 239 cm³/mol. The maximum atomic E-state index is 15.4. The molecule has 0 unspecified atom stereocenters. The van der Waals surface area contributed by atoms with Gasteiger partial charge in [0.2, 0.25) is 11.3 Å². The summed E-state index contributed by atoms with van der Waals surface area (Å²) in [6, 6.07) is 16.6. The van der Waals surface area contributed by atoms with Crippen LogP contribution in [0.4, 0.5) is 30.1 Å². The van der Waals surface area contributed by atoms with Gasteiger partial charge in [0.15, 0.2) is 0 Å². The number of nitrogens with zero attached hydrogens (tertiary/aromatic N) is 3. The Balaban J connectivity index is 1.14. The zero-order valence-corrected chi connectivity index (χ0v) is 35.9. The monoisotopic (exact) mass is 885 g/mol. The summed E-state index contributed by atoms with van der Waals surface area (Å²) in [6.07, 6.45) is 4.43. The number of rotatable bonds is 20. The van der Waals surface area contributed by atoms with E-state index in [1.807, 2.05) is 37.3 Å². The van der Waals surface area contributed by atoms with Crippen LogP contribution >= 0.6 is 0 Å². The molecule has 2 atom stereocenters. The summed E-state index contributed by atoms with van der Waals surface area (Å²) in [6.45, 7) is 5.51. The number of halogens is 1. The summed E-state index contributed by atoms with van der Waals surface area (Å²) in [5.74, 6) is -2.45. The molecule has 5 amide bonds. The first kappa shape index (κ1) is 47.7. The molecule has 5 rings (SSSR count). The number of pyridine rings is 1. The van der Waals surface area contributed by atoms with Gasteiger partial charge in [-0.2, -0.15) is 0 Å². The Labute approximate surface area is 369 Å². The molecular weight excluding hydrogens is 830 g/mol. The second-order valence-corrected chi connectivity index (χ2v) is 15.2. The van der Waals surface area contributed by atoms with Crippen LogP contribution < -0.4 is 43.1 Å². The number of aryl methyl sites for hydroxylation is 1. The first-order valence-electron chi connectivity index (χ1n) is 21.2. The van der Waals surface area contributed by atoms with Crippen molar-refractivity contribution >= 4 is 52.4 Å². The molecule has 19 heteroatoms. The Morgan fingerprint density at radius 1 is 0.875 bits per heavy atom. The predicted octanol–water partition coefficient (Wildman–Crippen LogP) is 4.95. The van der Waals surface area contributed by atoms with Gasteiger partial charge in [-0.15, -0.1) is 0 Å². The molecule has 0 spiro atoms. The zero-order valence-electron chi connectivity index (χ0n) is 35.9. The van der Waals surface area contributed by atoms with Crippen LogP contribution in [0, 0.1) is 5.82 Å². The molecule has 0 bridgehead atoms. The number of carbonyl (C=O) groups is 5. The molecule has 1 fully saturated rings. The van der Waals surface area contributed by atoms with Crippen molar-refractivity contribution in [2.24, 2.45) is 11.5 Å². The minimum absolute atomic E-state index is 0.0239. The Kier molecular flexibility index (Phi) is 17.3. The molecule has 1 aliphatic heterocycles. The number of piperazine rings is 1. The van der Waals surface area contributed by atoms with Crippen molar-refractivity contribution in [3.8, 4) is 0 Å². The second kappa shape index (κ2) is 23.2. The number of unbranched alkanes of at least 4 members (excludes halogenated alkanes) is 1. The Morgan fingerprint density at radius 3 is 2.20 bits per heavy atom. The summed E-state index contributed by atoms with van der Waals surface area (Å²) in [5.41, 5.74) is 13.4. The lowest BCUT2D eigenvalue weighted by Crippen LogP contribution is -2.49. The third-order valence-electron chi connectivity index (χ3n) is 10.7. The van der Waals surface area contributed by atoms with Crippen molar-refractivity contribution in [3.63, 3.8) is 0 Å². The van der Waals surface area contributed by atoms with Crippen molar-refractivity contribution in [1.29, 1.82) is 0 Å². The number of primary amides is 1. The van der Waals surface area contributed by atoms with Crippen LogP contribution in [0.5, 0.6) is 0 Å². The van der Waals surface area contributed by atoms with Gasteiger partial charge in [-0.3, -0.25) is 9.59 Å². The highest BCUT2D eigenvalue weighted by molar-refractivity contribution is 5.95. The van der Waals surface area contributed by atoms with Gasteiger partial charge in [0.25, 0.3) is 0 Å². The van der Waals surface area contributed by atoms with Gasteiger partial charge < -0.3 is 61.7 Å². The van der Waals surface area contributed by atoms with E-state index in [0.717, 1.165) is 24.5 Å². The number of ether oxygens (including phenoxy) is 2. The van der Waals surface area contributed by atoms with Crippen LogP contribution in [0.25, 0.3) is 10.9 Å². The number of alkyl carbamates (subject to hydrolysis) is 1. The molecule has 342 valence electrons. The fourth-order valence-corrected chi connectivity index (χ4v) is 7.08. The number of amides is 5. The number of carboxylic acid groups (broad SMARTS) is 1. The molecule has 1 saturated heterocycles. The van der Waals surface area contributed by atoms with Gasteiger partial charge in [-0.1, -0.05) is 62.2 Å². The number of anilines is 2. The fourth-order valence-electron chi connectivity index (χ4n) is 7.08. The van der Waals surface area contributed by atoms with Crippen LogP contribution in [0.1, 0.15) is 67.4 Å². The third-order valence-corrected chi connectivity index (χ3v) is 10.7. The van der Waals surface area contributed by atoms with E-state index in [1.54, 1.807) is 40.7 Å². The van der Waals surface area contributed by atoms with Crippen LogP contribution in [-0.2, 0) is 34.0 Å². The molecule has 1 aliphatic rings. The molecule has 3 aromatic carbocycles. The fraction of sp³-hybridized carbons (Fsp3) is 0.378. The quantitative estimate of drug-likeness (QED) is 0.0583. The minimum Gasteiger partial charge on any atom is -0.477 e.